The number of fused-ring (bicyclic) bond motifs is 1. The maximum absolute atomic E-state index is 11.9. The Morgan fingerprint density at radius 3 is 2.29 bits per heavy atom. The van der Waals surface area contributed by atoms with E-state index in [1.54, 1.807) is 16.2 Å². The summed E-state index contributed by atoms with van der Waals surface area (Å²) in [5, 5.41) is 4.21. The van der Waals surface area contributed by atoms with Crippen molar-refractivity contribution in [2.45, 2.75) is 13.0 Å². The zero-order valence-electron chi connectivity index (χ0n) is 13.8. The van der Waals surface area contributed by atoms with Crippen molar-refractivity contribution in [1.29, 1.82) is 0 Å². The highest BCUT2D eigenvalue weighted by Crippen LogP contribution is 2.14. The minimum Gasteiger partial charge on any atom is -0.312 e. The molecule has 0 spiro atoms. The molecule has 1 aromatic heterocycles. The molecule has 128 valence electrons. The lowest BCUT2D eigenvalue weighted by atomic mass is 10.1. The van der Waals surface area contributed by atoms with Crippen molar-refractivity contribution >= 4 is 35.0 Å². The van der Waals surface area contributed by atoms with E-state index >= 15 is 0 Å². The number of hydrogen-bond acceptors (Lipinski definition) is 2. The van der Waals surface area contributed by atoms with Gasteiger partial charge in [-0.2, -0.15) is 0 Å². The predicted octanol–water partition coefficient (Wildman–Crippen LogP) is 3.28. The van der Waals surface area contributed by atoms with E-state index in [-0.39, 0.29) is 18.1 Å². The third-order valence-corrected chi connectivity index (χ3v) is 4.42. The Balaban J connectivity index is 0.00000208. The van der Waals surface area contributed by atoms with Crippen molar-refractivity contribution in [3.8, 4) is 0 Å². The highest BCUT2D eigenvalue weighted by atomic mass is 35.5. The molecule has 4 nitrogen and oxygen atoms in total. The highest BCUT2D eigenvalue weighted by molar-refractivity contribution is 6.30. The first kappa shape index (κ1) is 18.6. The smallest absolute Gasteiger partial charge is 0.312 e. The third-order valence-electron chi connectivity index (χ3n) is 4.17. The van der Waals surface area contributed by atoms with Crippen LogP contribution in [0.25, 0.3) is 11.0 Å². The van der Waals surface area contributed by atoms with Crippen LogP contribution in [0.3, 0.4) is 0 Å². The maximum atomic E-state index is 11.9. The summed E-state index contributed by atoms with van der Waals surface area (Å²) in [4.78, 5) is 11.9. The van der Waals surface area contributed by atoms with Crippen LogP contribution >= 0.6 is 24.0 Å². The second kappa shape index (κ2) is 7.88. The van der Waals surface area contributed by atoms with E-state index in [9.17, 15) is 4.79 Å². The van der Waals surface area contributed by atoms with Crippen LogP contribution in [0.1, 0.15) is 11.1 Å². The molecule has 2 aromatic carbocycles. The van der Waals surface area contributed by atoms with Gasteiger partial charge in [0.1, 0.15) is 0 Å². The maximum Gasteiger partial charge on any atom is 0.328 e. The van der Waals surface area contributed by atoms with Crippen LogP contribution in [0.15, 0.2) is 47.3 Å². The molecule has 0 aliphatic carbocycles. The molecule has 24 heavy (non-hydrogen) atoms. The number of aryl methyl sites for hydroxylation is 2. The molecule has 0 saturated carbocycles. The van der Waals surface area contributed by atoms with Gasteiger partial charge in [0.15, 0.2) is 0 Å². The molecule has 1 heterocycles. The van der Waals surface area contributed by atoms with Gasteiger partial charge in [-0.1, -0.05) is 29.8 Å². The van der Waals surface area contributed by atoms with Crippen LogP contribution in [-0.2, 0) is 27.1 Å². The lowest BCUT2D eigenvalue weighted by molar-refractivity contribution is 0.687. The zero-order valence-corrected chi connectivity index (χ0v) is 15.3. The summed E-state index contributed by atoms with van der Waals surface area (Å²) < 4.78 is 3.36. The van der Waals surface area contributed by atoms with Crippen LogP contribution in [0.5, 0.6) is 0 Å². The molecule has 0 aliphatic heterocycles. The summed E-state index contributed by atoms with van der Waals surface area (Å²) in [5.74, 6) is 0. The van der Waals surface area contributed by atoms with Crippen molar-refractivity contribution in [3.63, 3.8) is 0 Å². The molecule has 0 fully saturated rings. The minimum atomic E-state index is 0. The van der Waals surface area contributed by atoms with Gasteiger partial charge in [-0.3, -0.25) is 9.13 Å². The standard InChI is InChI=1S/C18H20ClN3O.ClH/c1-21-16-8-5-14(11-17(16)22(2)18(21)23)12-20-10-9-13-3-6-15(19)7-4-13;/h3-8,11,20H,9-10,12H2,1-2H3;1H. The number of benzene rings is 2. The van der Waals surface area contributed by atoms with Crippen LogP contribution in [0.2, 0.25) is 5.02 Å². The molecule has 0 bridgehead atoms. The number of nitrogens with zero attached hydrogens (tertiary/aromatic N) is 2. The molecule has 0 saturated heterocycles. The number of aromatic nitrogens is 2. The van der Waals surface area contributed by atoms with Crippen molar-refractivity contribution in [2.75, 3.05) is 6.54 Å². The van der Waals surface area contributed by atoms with Gasteiger partial charge in [0.2, 0.25) is 0 Å². The quantitative estimate of drug-likeness (QED) is 0.704. The van der Waals surface area contributed by atoms with Crippen molar-refractivity contribution in [1.82, 2.24) is 14.5 Å². The van der Waals surface area contributed by atoms with Crippen LogP contribution in [-0.4, -0.2) is 15.7 Å². The molecule has 0 aliphatic rings. The SMILES string of the molecule is Cl.Cn1c(=O)n(C)c2cc(CNCCc3ccc(Cl)cc3)ccc21. The Labute approximate surface area is 152 Å². The molecule has 0 atom stereocenters. The fourth-order valence-electron chi connectivity index (χ4n) is 2.78. The molecule has 3 aromatic rings. The zero-order chi connectivity index (χ0) is 16.4. The monoisotopic (exact) mass is 365 g/mol. The molecule has 0 radical (unpaired) electrons. The van der Waals surface area contributed by atoms with Gasteiger partial charge in [0, 0.05) is 25.7 Å². The number of rotatable bonds is 5. The Morgan fingerprint density at radius 1 is 0.958 bits per heavy atom. The number of nitrogens with one attached hydrogen (secondary N) is 1. The summed E-state index contributed by atoms with van der Waals surface area (Å²) >= 11 is 5.88. The lowest BCUT2D eigenvalue weighted by Crippen LogP contribution is -2.19. The van der Waals surface area contributed by atoms with Gasteiger partial charge in [-0.15, -0.1) is 12.4 Å². The summed E-state index contributed by atoms with van der Waals surface area (Å²) in [6, 6.07) is 14.1. The summed E-state index contributed by atoms with van der Waals surface area (Å²) in [7, 11) is 3.61. The first-order chi connectivity index (χ1) is 11.1. The number of imidazole rings is 1. The first-order valence-corrected chi connectivity index (χ1v) is 8.03. The molecule has 6 heteroatoms. The molecule has 0 unspecified atom stereocenters. The highest BCUT2D eigenvalue weighted by Gasteiger charge is 2.07. The minimum absolute atomic E-state index is 0. The van der Waals surface area contributed by atoms with Crippen LogP contribution in [0.4, 0.5) is 0 Å². The Bertz CT molecular complexity index is 882. The average Bonchev–Trinajstić information content (AvgIpc) is 2.78. The molecule has 1 N–H and O–H groups in total. The largest absolute Gasteiger partial charge is 0.328 e. The summed E-state index contributed by atoms with van der Waals surface area (Å²) in [6.45, 7) is 1.68. The fourth-order valence-corrected chi connectivity index (χ4v) is 2.90. The first-order valence-electron chi connectivity index (χ1n) is 7.66. The Hall–Kier alpha value is -1.75. The lowest BCUT2D eigenvalue weighted by Gasteiger charge is -2.06. The van der Waals surface area contributed by atoms with E-state index in [1.807, 2.05) is 25.2 Å². The Morgan fingerprint density at radius 2 is 1.58 bits per heavy atom. The van der Waals surface area contributed by atoms with Crippen molar-refractivity contribution < 1.29 is 0 Å². The molecule has 0 amide bonds. The van der Waals surface area contributed by atoms with Gasteiger partial charge in [-0.05, 0) is 48.4 Å². The van der Waals surface area contributed by atoms with Crippen molar-refractivity contribution in [2.24, 2.45) is 14.1 Å². The van der Waals surface area contributed by atoms with Gasteiger partial charge in [0.25, 0.3) is 0 Å². The fraction of sp³-hybridized carbons (Fsp3) is 0.278. The number of halogens is 2. The van der Waals surface area contributed by atoms with E-state index in [0.29, 0.717) is 0 Å². The predicted molar refractivity (Wildman–Crippen MR) is 102 cm³/mol. The second-order valence-electron chi connectivity index (χ2n) is 5.78. The van der Waals surface area contributed by atoms with E-state index in [1.165, 1.54) is 11.1 Å². The molecule has 3 rings (SSSR count). The average molecular weight is 366 g/mol. The van der Waals surface area contributed by atoms with Crippen molar-refractivity contribution in [3.05, 3.63) is 69.1 Å². The van der Waals surface area contributed by atoms with Gasteiger partial charge in [-0.25, -0.2) is 4.79 Å². The van der Waals surface area contributed by atoms with E-state index in [2.05, 4.69) is 29.6 Å². The molecular formula is C18H21Cl2N3O. The van der Waals surface area contributed by atoms with Crippen LogP contribution in [0, 0.1) is 0 Å². The Kier molecular flexibility index (Phi) is 6.10. The van der Waals surface area contributed by atoms with E-state index in [4.69, 9.17) is 11.6 Å². The number of hydrogen-bond donors (Lipinski definition) is 1. The molecular weight excluding hydrogens is 345 g/mol. The third kappa shape index (κ3) is 3.83. The van der Waals surface area contributed by atoms with Crippen LogP contribution < -0.4 is 11.0 Å². The topological polar surface area (TPSA) is 39.0 Å². The summed E-state index contributed by atoms with van der Waals surface area (Å²) in [5.41, 5.74) is 4.38. The normalized spacial score (nSPS) is 10.8. The summed E-state index contributed by atoms with van der Waals surface area (Å²) in [6.07, 6.45) is 0.962. The van der Waals surface area contributed by atoms with E-state index < -0.39 is 0 Å². The van der Waals surface area contributed by atoms with Gasteiger partial charge >= 0.3 is 5.69 Å². The van der Waals surface area contributed by atoms with Gasteiger partial charge < -0.3 is 5.32 Å². The van der Waals surface area contributed by atoms with E-state index in [0.717, 1.165) is 35.6 Å². The van der Waals surface area contributed by atoms with Gasteiger partial charge in [0.05, 0.1) is 11.0 Å². The second-order valence-corrected chi connectivity index (χ2v) is 6.21.